The quantitative estimate of drug-likeness (QED) is 0.701. The third-order valence-electron chi connectivity index (χ3n) is 4.07. The van der Waals surface area contributed by atoms with Gasteiger partial charge in [0.2, 0.25) is 0 Å². The summed E-state index contributed by atoms with van der Waals surface area (Å²) in [5.74, 6) is 0. The van der Waals surface area contributed by atoms with E-state index in [1.54, 1.807) is 0 Å². The molecule has 3 nitrogen and oxygen atoms in total. The fourth-order valence-electron chi connectivity index (χ4n) is 2.91. The maximum atomic E-state index is 10.6. The Bertz CT molecular complexity index is 191. The summed E-state index contributed by atoms with van der Waals surface area (Å²) in [5.41, 5.74) is -1.04. The van der Waals surface area contributed by atoms with Gasteiger partial charge in [-0.15, -0.1) is 0 Å². The van der Waals surface area contributed by atoms with Crippen LogP contribution in [-0.4, -0.2) is 35.6 Å². The lowest BCUT2D eigenvalue weighted by atomic mass is 9.65. The number of aliphatic hydroxyl groups is 2. The molecular formula is C11H20O3. The molecule has 1 saturated carbocycles. The highest BCUT2D eigenvalue weighted by molar-refractivity contribution is 5.02. The molecule has 14 heavy (non-hydrogen) atoms. The molecule has 0 aromatic rings. The lowest BCUT2D eigenvalue weighted by Gasteiger charge is -2.45. The number of aliphatic hydroxyl groups excluding tert-OH is 1. The van der Waals surface area contributed by atoms with Crippen LogP contribution in [0.15, 0.2) is 0 Å². The smallest absolute Gasteiger partial charge is 0.0748 e. The van der Waals surface area contributed by atoms with Crippen molar-refractivity contribution in [3.05, 3.63) is 0 Å². The summed E-state index contributed by atoms with van der Waals surface area (Å²) in [7, 11) is 0. The monoisotopic (exact) mass is 200 g/mol. The van der Waals surface area contributed by atoms with Gasteiger partial charge in [-0.25, -0.2) is 0 Å². The molecule has 1 atom stereocenters. The summed E-state index contributed by atoms with van der Waals surface area (Å²) in [6.45, 7) is 1.27. The number of ether oxygens (including phenoxy) is 1. The van der Waals surface area contributed by atoms with Gasteiger partial charge in [0.25, 0.3) is 0 Å². The molecule has 3 heteroatoms. The molecule has 1 unspecified atom stereocenters. The second-order valence-corrected chi connectivity index (χ2v) is 4.83. The first-order valence-corrected chi connectivity index (χ1v) is 5.63. The van der Waals surface area contributed by atoms with Gasteiger partial charge in [0.05, 0.1) is 18.8 Å². The van der Waals surface area contributed by atoms with E-state index >= 15 is 0 Å². The highest BCUT2D eigenvalue weighted by Gasteiger charge is 2.52. The molecular weight excluding hydrogens is 180 g/mol. The lowest BCUT2D eigenvalue weighted by molar-refractivity contribution is -0.130. The van der Waals surface area contributed by atoms with Gasteiger partial charge in [-0.2, -0.15) is 0 Å². The van der Waals surface area contributed by atoms with E-state index in [0.717, 1.165) is 32.1 Å². The number of hydrogen-bond acceptors (Lipinski definition) is 3. The van der Waals surface area contributed by atoms with Crippen molar-refractivity contribution in [2.75, 3.05) is 19.8 Å². The van der Waals surface area contributed by atoms with E-state index in [1.807, 2.05) is 0 Å². The minimum Gasteiger partial charge on any atom is -0.396 e. The zero-order chi connectivity index (χ0) is 10.1. The molecule has 1 saturated heterocycles. The molecule has 0 aromatic heterocycles. The summed E-state index contributed by atoms with van der Waals surface area (Å²) in [6.07, 6.45) is 5.84. The van der Waals surface area contributed by atoms with Gasteiger partial charge in [0, 0.05) is 12.0 Å². The molecule has 0 spiro atoms. The van der Waals surface area contributed by atoms with Gasteiger partial charge >= 0.3 is 0 Å². The molecule has 0 aromatic carbocycles. The van der Waals surface area contributed by atoms with Crippen molar-refractivity contribution in [1.29, 1.82) is 0 Å². The average molecular weight is 200 g/mol. The van der Waals surface area contributed by atoms with Crippen LogP contribution in [0.1, 0.15) is 38.5 Å². The first-order chi connectivity index (χ1) is 6.72. The van der Waals surface area contributed by atoms with Crippen molar-refractivity contribution in [3.8, 4) is 0 Å². The number of hydrogen-bond donors (Lipinski definition) is 2. The molecule has 0 radical (unpaired) electrons. The van der Waals surface area contributed by atoms with Crippen LogP contribution >= 0.6 is 0 Å². The third kappa shape index (κ3) is 1.47. The maximum absolute atomic E-state index is 10.6. The molecule has 0 bridgehead atoms. The van der Waals surface area contributed by atoms with E-state index in [2.05, 4.69) is 0 Å². The third-order valence-corrected chi connectivity index (χ3v) is 4.07. The van der Waals surface area contributed by atoms with Crippen molar-refractivity contribution >= 4 is 0 Å². The van der Waals surface area contributed by atoms with E-state index in [9.17, 15) is 10.2 Å². The topological polar surface area (TPSA) is 49.7 Å². The Labute approximate surface area is 85.1 Å². The standard InChI is InChI=1S/C11H20O3/c12-8-10(6-7-14-9-10)11(13)4-2-1-3-5-11/h12-13H,1-9H2. The van der Waals surface area contributed by atoms with Gasteiger partial charge in [0.1, 0.15) is 0 Å². The molecule has 2 fully saturated rings. The molecule has 1 heterocycles. The van der Waals surface area contributed by atoms with Crippen LogP contribution in [0.4, 0.5) is 0 Å². The zero-order valence-corrected chi connectivity index (χ0v) is 8.67. The fourth-order valence-corrected chi connectivity index (χ4v) is 2.91. The summed E-state index contributed by atoms with van der Waals surface area (Å²) in [4.78, 5) is 0. The summed E-state index contributed by atoms with van der Waals surface area (Å²) in [6, 6.07) is 0. The number of rotatable bonds is 2. The van der Waals surface area contributed by atoms with Crippen LogP contribution in [0.3, 0.4) is 0 Å². The minimum atomic E-state index is -0.670. The van der Waals surface area contributed by atoms with Crippen molar-refractivity contribution in [2.45, 2.75) is 44.1 Å². The molecule has 2 N–H and O–H groups in total. The Kier molecular flexibility index (Phi) is 2.82. The van der Waals surface area contributed by atoms with Crippen molar-refractivity contribution < 1.29 is 14.9 Å². The van der Waals surface area contributed by atoms with Gasteiger partial charge in [-0.05, 0) is 19.3 Å². The van der Waals surface area contributed by atoms with Crippen LogP contribution in [0.5, 0.6) is 0 Å². The molecule has 1 aliphatic heterocycles. The van der Waals surface area contributed by atoms with Crippen LogP contribution in [0.2, 0.25) is 0 Å². The second-order valence-electron chi connectivity index (χ2n) is 4.83. The summed E-state index contributed by atoms with van der Waals surface area (Å²) >= 11 is 0. The zero-order valence-electron chi connectivity index (χ0n) is 8.67. The SMILES string of the molecule is OCC1(C2(O)CCCCC2)CCOC1. The van der Waals surface area contributed by atoms with Gasteiger partial charge in [-0.3, -0.25) is 0 Å². The largest absolute Gasteiger partial charge is 0.396 e. The first-order valence-electron chi connectivity index (χ1n) is 5.63. The summed E-state index contributed by atoms with van der Waals surface area (Å²) in [5, 5.41) is 20.1. The Morgan fingerprint density at radius 2 is 1.79 bits per heavy atom. The van der Waals surface area contributed by atoms with Crippen LogP contribution < -0.4 is 0 Å². The molecule has 82 valence electrons. The van der Waals surface area contributed by atoms with Crippen molar-refractivity contribution in [3.63, 3.8) is 0 Å². The Morgan fingerprint density at radius 1 is 1.07 bits per heavy atom. The van der Waals surface area contributed by atoms with Gasteiger partial charge in [0.15, 0.2) is 0 Å². The van der Waals surface area contributed by atoms with E-state index < -0.39 is 5.60 Å². The van der Waals surface area contributed by atoms with Crippen molar-refractivity contribution in [2.24, 2.45) is 5.41 Å². The van der Waals surface area contributed by atoms with E-state index in [0.29, 0.717) is 13.2 Å². The van der Waals surface area contributed by atoms with Crippen molar-refractivity contribution in [1.82, 2.24) is 0 Å². The molecule has 2 rings (SSSR count). The maximum Gasteiger partial charge on any atom is 0.0748 e. The van der Waals surface area contributed by atoms with E-state index in [4.69, 9.17) is 4.74 Å². The molecule has 0 amide bonds. The Hall–Kier alpha value is -0.120. The Morgan fingerprint density at radius 3 is 2.29 bits per heavy atom. The van der Waals surface area contributed by atoms with E-state index in [1.165, 1.54) is 6.42 Å². The summed E-state index contributed by atoms with van der Waals surface area (Å²) < 4.78 is 5.35. The molecule has 1 aliphatic carbocycles. The predicted octanol–water partition coefficient (Wildman–Crippen LogP) is 1.08. The highest BCUT2D eigenvalue weighted by atomic mass is 16.5. The van der Waals surface area contributed by atoms with E-state index in [-0.39, 0.29) is 12.0 Å². The van der Waals surface area contributed by atoms with Gasteiger partial charge in [-0.1, -0.05) is 19.3 Å². The van der Waals surface area contributed by atoms with Gasteiger partial charge < -0.3 is 14.9 Å². The average Bonchev–Trinajstić information content (AvgIpc) is 2.68. The first kappa shape index (κ1) is 10.4. The Balaban J connectivity index is 2.15. The van der Waals surface area contributed by atoms with Crippen LogP contribution in [0, 0.1) is 5.41 Å². The van der Waals surface area contributed by atoms with Crippen LogP contribution in [0.25, 0.3) is 0 Å². The highest BCUT2D eigenvalue weighted by Crippen LogP contribution is 2.47. The normalized spacial score (nSPS) is 37.3. The predicted molar refractivity (Wildman–Crippen MR) is 53.0 cm³/mol. The fraction of sp³-hybridized carbons (Fsp3) is 1.00. The minimum absolute atomic E-state index is 0.0590. The second kappa shape index (κ2) is 3.80. The molecule has 2 aliphatic rings. The van der Waals surface area contributed by atoms with Crippen LogP contribution in [-0.2, 0) is 4.74 Å². The lowest BCUT2D eigenvalue weighted by Crippen LogP contribution is -2.52.